The van der Waals surface area contributed by atoms with Crippen molar-refractivity contribution in [3.05, 3.63) is 29.3 Å². The summed E-state index contributed by atoms with van der Waals surface area (Å²) in [5.74, 6) is -2.35. The van der Waals surface area contributed by atoms with E-state index in [-0.39, 0.29) is 67.3 Å². The van der Waals surface area contributed by atoms with Crippen LogP contribution in [-0.4, -0.2) is 77.6 Å². The summed E-state index contributed by atoms with van der Waals surface area (Å²) in [6, 6.07) is 3.82. The van der Waals surface area contributed by atoms with Crippen LogP contribution in [0.15, 0.2) is 18.2 Å². The van der Waals surface area contributed by atoms with Crippen LogP contribution in [0.25, 0.3) is 0 Å². The van der Waals surface area contributed by atoms with Gasteiger partial charge in [0, 0.05) is 37.8 Å². The SMILES string of the molecule is C[C@@H]1CNCCN1C(=O)CNc1cccc2c1C(=O)N(C1CCC(=O)NC1=O)C2=O.Cl.Cl. The molecule has 2 atom stereocenters. The van der Waals surface area contributed by atoms with Gasteiger partial charge in [-0.05, 0) is 25.5 Å². The van der Waals surface area contributed by atoms with Gasteiger partial charge in [0.25, 0.3) is 11.8 Å². The number of piperidine rings is 1. The van der Waals surface area contributed by atoms with Gasteiger partial charge < -0.3 is 15.5 Å². The first kappa shape index (κ1) is 25.6. The number of nitrogens with one attached hydrogen (secondary N) is 3. The molecule has 0 radical (unpaired) electrons. The molecule has 0 saturated carbocycles. The van der Waals surface area contributed by atoms with E-state index in [0.717, 1.165) is 18.0 Å². The van der Waals surface area contributed by atoms with Gasteiger partial charge >= 0.3 is 0 Å². The van der Waals surface area contributed by atoms with Crippen molar-refractivity contribution in [3.63, 3.8) is 0 Å². The summed E-state index contributed by atoms with van der Waals surface area (Å²) in [6.07, 6.45) is 0.157. The Hall–Kier alpha value is -2.69. The second-order valence-corrected chi connectivity index (χ2v) is 7.67. The molecule has 3 N–H and O–H groups in total. The fourth-order valence-corrected chi connectivity index (χ4v) is 4.15. The van der Waals surface area contributed by atoms with E-state index in [9.17, 15) is 24.0 Å². The van der Waals surface area contributed by atoms with Crippen molar-refractivity contribution in [2.45, 2.75) is 31.8 Å². The van der Waals surface area contributed by atoms with Crippen LogP contribution in [0, 0.1) is 0 Å². The second-order valence-electron chi connectivity index (χ2n) is 7.67. The lowest BCUT2D eigenvalue weighted by molar-refractivity contribution is -0.136. The number of imide groups is 2. The summed E-state index contributed by atoms with van der Waals surface area (Å²) in [4.78, 5) is 64.8. The molecule has 0 aromatic heterocycles. The van der Waals surface area contributed by atoms with Crippen molar-refractivity contribution in [1.82, 2.24) is 20.4 Å². The summed E-state index contributed by atoms with van der Waals surface area (Å²) in [6.45, 7) is 4.01. The maximum Gasteiger partial charge on any atom is 0.264 e. The van der Waals surface area contributed by atoms with Crippen LogP contribution in [0.3, 0.4) is 0 Å². The van der Waals surface area contributed by atoms with Crippen molar-refractivity contribution < 1.29 is 24.0 Å². The van der Waals surface area contributed by atoms with Gasteiger partial charge in [-0.1, -0.05) is 6.07 Å². The molecule has 3 heterocycles. The maximum atomic E-state index is 13.0. The number of halogens is 2. The van der Waals surface area contributed by atoms with E-state index in [1.165, 1.54) is 6.07 Å². The smallest absolute Gasteiger partial charge is 0.264 e. The molecule has 1 unspecified atom stereocenters. The predicted octanol–water partition coefficient (Wildman–Crippen LogP) is 0.164. The highest BCUT2D eigenvalue weighted by atomic mass is 35.5. The standard InChI is InChI=1S/C20H23N5O5.2ClH/c1-11-9-21-7-8-24(11)16(27)10-22-13-4-2-3-12-17(13)20(30)25(19(12)29)14-5-6-15(26)23-18(14)28;;/h2-4,11,14,21-22H,5-10H2,1H3,(H,23,26,28);2*1H/t11-,14?;;/m1../s1. The second kappa shape index (κ2) is 10.3. The van der Waals surface area contributed by atoms with Gasteiger partial charge in [0.05, 0.1) is 17.7 Å². The molecule has 0 aliphatic carbocycles. The third-order valence-corrected chi connectivity index (χ3v) is 5.72. The minimum atomic E-state index is -1.02. The summed E-state index contributed by atoms with van der Waals surface area (Å²) in [5.41, 5.74) is 0.697. The Balaban J connectivity index is 0.00000181. The molecule has 32 heavy (non-hydrogen) atoms. The number of amides is 5. The highest BCUT2D eigenvalue weighted by Crippen LogP contribution is 2.32. The zero-order valence-corrected chi connectivity index (χ0v) is 19.0. The van der Waals surface area contributed by atoms with Gasteiger partial charge in [-0.3, -0.25) is 34.2 Å². The minimum Gasteiger partial charge on any atom is -0.375 e. The summed E-state index contributed by atoms with van der Waals surface area (Å²) >= 11 is 0. The molecule has 3 aliphatic rings. The number of anilines is 1. The lowest BCUT2D eigenvalue weighted by Crippen LogP contribution is -2.54. The van der Waals surface area contributed by atoms with Crippen molar-refractivity contribution in [2.24, 2.45) is 0 Å². The molecule has 3 aliphatic heterocycles. The molecule has 2 fully saturated rings. The molecule has 10 nitrogen and oxygen atoms in total. The molecular formula is C20H25Cl2N5O5. The van der Waals surface area contributed by atoms with Crippen LogP contribution >= 0.6 is 24.8 Å². The van der Waals surface area contributed by atoms with Crippen molar-refractivity contribution in [3.8, 4) is 0 Å². The Kier molecular flexibility index (Phi) is 8.22. The molecule has 1 aromatic carbocycles. The number of benzene rings is 1. The Morgan fingerprint density at radius 3 is 2.59 bits per heavy atom. The molecule has 4 rings (SSSR count). The number of carbonyl (C=O) groups excluding carboxylic acids is 5. The molecule has 2 saturated heterocycles. The number of carbonyl (C=O) groups is 5. The molecule has 1 aromatic rings. The van der Waals surface area contributed by atoms with E-state index >= 15 is 0 Å². The van der Waals surface area contributed by atoms with Crippen LogP contribution in [0.1, 0.15) is 40.5 Å². The first-order valence-electron chi connectivity index (χ1n) is 9.97. The number of fused-ring (bicyclic) bond motifs is 1. The van der Waals surface area contributed by atoms with Gasteiger partial charge in [-0.2, -0.15) is 0 Å². The van der Waals surface area contributed by atoms with E-state index in [2.05, 4.69) is 16.0 Å². The van der Waals surface area contributed by atoms with Crippen LogP contribution in [0.4, 0.5) is 5.69 Å². The Labute approximate surface area is 197 Å². The first-order chi connectivity index (χ1) is 14.4. The van der Waals surface area contributed by atoms with Crippen molar-refractivity contribution >= 4 is 60.0 Å². The van der Waals surface area contributed by atoms with Gasteiger partial charge in [-0.15, -0.1) is 24.8 Å². The van der Waals surface area contributed by atoms with Crippen molar-refractivity contribution in [2.75, 3.05) is 31.5 Å². The third-order valence-electron chi connectivity index (χ3n) is 5.72. The van der Waals surface area contributed by atoms with E-state index in [1.54, 1.807) is 17.0 Å². The molecular weight excluding hydrogens is 461 g/mol. The van der Waals surface area contributed by atoms with E-state index in [4.69, 9.17) is 0 Å². The third kappa shape index (κ3) is 4.57. The van der Waals surface area contributed by atoms with E-state index in [0.29, 0.717) is 12.2 Å². The summed E-state index contributed by atoms with van der Waals surface area (Å²) in [7, 11) is 0. The molecule has 174 valence electrons. The fourth-order valence-electron chi connectivity index (χ4n) is 4.15. The maximum absolute atomic E-state index is 13.0. The quantitative estimate of drug-likeness (QED) is 0.518. The van der Waals surface area contributed by atoms with Gasteiger partial charge in [-0.25, -0.2) is 0 Å². The predicted molar refractivity (Wildman–Crippen MR) is 120 cm³/mol. The lowest BCUT2D eigenvalue weighted by atomic mass is 10.0. The average molecular weight is 486 g/mol. The molecule has 12 heteroatoms. The average Bonchev–Trinajstić information content (AvgIpc) is 2.98. The van der Waals surface area contributed by atoms with E-state index < -0.39 is 29.7 Å². The Morgan fingerprint density at radius 2 is 1.91 bits per heavy atom. The number of hydrogen-bond donors (Lipinski definition) is 3. The highest BCUT2D eigenvalue weighted by Gasteiger charge is 2.45. The molecule has 5 amide bonds. The summed E-state index contributed by atoms with van der Waals surface area (Å²) in [5, 5.41) is 8.39. The Bertz CT molecular complexity index is 956. The Morgan fingerprint density at radius 1 is 1.16 bits per heavy atom. The normalized spacial score (nSPS) is 22.5. The van der Waals surface area contributed by atoms with Gasteiger partial charge in [0.1, 0.15) is 6.04 Å². The van der Waals surface area contributed by atoms with Crippen molar-refractivity contribution in [1.29, 1.82) is 0 Å². The zero-order chi connectivity index (χ0) is 21.4. The molecule has 0 bridgehead atoms. The van der Waals surface area contributed by atoms with Crippen LogP contribution in [0.2, 0.25) is 0 Å². The molecule has 0 spiro atoms. The largest absolute Gasteiger partial charge is 0.375 e. The number of hydrogen-bond acceptors (Lipinski definition) is 7. The minimum absolute atomic E-state index is 0. The first-order valence-corrected chi connectivity index (χ1v) is 9.97. The van der Waals surface area contributed by atoms with E-state index in [1.807, 2.05) is 6.92 Å². The number of piperazine rings is 1. The van der Waals surface area contributed by atoms with Crippen LogP contribution < -0.4 is 16.0 Å². The van der Waals surface area contributed by atoms with Gasteiger partial charge in [0.2, 0.25) is 17.7 Å². The lowest BCUT2D eigenvalue weighted by Gasteiger charge is -2.34. The van der Waals surface area contributed by atoms with Crippen LogP contribution in [-0.2, 0) is 14.4 Å². The zero-order valence-electron chi connectivity index (χ0n) is 17.4. The number of rotatable bonds is 4. The summed E-state index contributed by atoms with van der Waals surface area (Å²) < 4.78 is 0. The van der Waals surface area contributed by atoms with Gasteiger partial charge in [0.15, 0.2) is 0 Å². The topological polar surface area (TPSA) is 128 Å². The number of nitrogens with zero attached hydrogens (tertiary/aromatic N) is 2. The monoisotopic (exact) mass is 485 g/mol. The fraction of sp³-hybridized carbons (Fsp3) is 0.450. The highest BCUT2D eigenvalue weighted by molar-refractivity contribution is 6.25. The van der Waals surface area contributed by atoms with Crippen LogP contribution in [0.5, 0.6) is 0 Å².